The van der Waals surface area contributed by atoms with Crippen molar-refractivity contribution in [3.63, 3.8) is 0 Å². The van der Waals surface area contributed by atoms with Gasteiger partial charge in [-0.05, 0) is 105 Å². The SMILES string of the molecule is COc1ccc2nccc(C(O)CC[C@@H]3CCN(CCCSc4ccc(C(F)(F)F)cc4)C[C@@H]3C(=O)O)c2c1. The van der Waals surface area contributed by atoms with Crippen molar-refractivity contribution in [3.05, 3.63) is 65.9 Å². The number of carboxylic acids is 1. The number of piperidine rings is 1. The molecule has 0 spiro atoms. The predicted octanol–water partition coefficient (Wildman–Crippen LogP) is 6.28. The molecule has 0 aliphatic carbocycles. The number of aliphatic hydroxyl groups is 1. The summed E-state index contributed by atoms with van der Waals surface area (Å²) < 4.78 is 43.5. The lowest BCUT2D eigenvalue weighted by atomic mass is 9.81. The molecule has 4 rings (SSSR count). The number of halogens is 3. The van der Waals surface area contributed by atoms with E-state index < -0.39 is 29.7 Å². The molecule has 1 saturated heterocycles. The van der Waals surface area contributed by atoms with E-state index in [0.717, 1.165) is 65.2 Å². The molecule has 2 N–H and O–H groups in total. The van der Waals surface area contributed by atoms with Gasteiger partial charge in [0.15, 0.2) is 0 Å². The first kappa shape index (κ1) is 29.2. The van der Waals surface area contributed by atoms with Gasteiger partial charge in [-0.15, -0.1) is 11.8 Å². The van der Waals surface area contributed by atoms with E-state index in [0.29, 0.717) is 25.1 Å². The van der Waals surface area contributed by atoms with Crippen molar-refractivity contribution < 1.29 is 32.9 Å². The highest BCUT2D eigenvalue weighted by atomic mass is 32.2. The van der Waals surface area contributed by atoms with Gasteiger partial charge in [0.1, 0.15) is 5.75 Å². The molecule has 3 atom stereocenters. The molecule has 6 nitrogen and oxygen atoms in total. The summed E-state index contributed by atoms with van der Waals surface area (Å²) in [6.07, 6.45) is -0.812. The van der Waals surface area contributed by atoms with E-state index >= 15 is 0 Å². The van der Waals surface area contributed by atoms with Crippen molar-refractivity contribution in [1.29, 1.82) is 0 Å². The lowest BCUT2D eigenvalue weighted by molar-refractivity contribution is -0.146. The third-order valence-corrected chi connectivity index (χ3v) is 8.48. The Balaban J connectivity index is 1.26. The molecule has 1 aliphatic rings. The minimum absolute atomic E-state index is 0.0300. The Bertz CT molecular complexity index is 1260. The second kappa shape index (κ2) is 13.0. The van der Waals surface area contributed by atoms with Crippen molar-refractivity contribution in [2.75, 3.05) is 32.5 Å². The monoisotopic (exact) mass is 562 g/mol. The summed E-state index contributed by atoms with van der Waals surface area (Å²) in [5.74, 6) is 0.0534. The summed E-state index contributed by atoms with van der Waals surface area (Å²) in [7, 11) is 1.59. The number of alkyl halides is 3. The zero-order valence-electron chi connectivity index (χ0n) is 21.7. The van der Waals surface area contributed by atoms with E-state index in [4.69, 9.17) is 4.74 Å². The first-order chi connectivity index (χ1) is 18.7. The van der Waals surface area contributed by atoms with Crippen molar-refractivity contribution in [1.82, 2.24) is 9.88 Å². The first-order valence-electron chi connectivity index (χ1n) is 13.0. The van der Waals surface area contributed by atoms with Gasteiger partial charge in [-0.2, -0.15) is 13.2 Å². The van der Waals surface area contributed by atoms with Crippen molar-refractivity contribution in [2.24, 2.45) is 11.8 Å². The number of rotatable bonds is 11. The fraction of sp³-hybridized carbons (Fsp3) is 0.448. The highest BCUT2D eigenvalue weighted by molar-refractivity contribution is 7.99. The molecule has 0 saturated carbocycles. The average Bonchev–Trinajstić information content (AvgIpc) is 2.93. The number of ether oxygens (including phenoxy) is 1. The van der Waals surface area contributed by atoms with Crippen LogP contribution in [-0.2, 0) is 11.0 Å². The summed E-state index contributed by atoms with van der Waals surface area (Å²) in [5.41, 5.74) is 0.866. The minimum Gasteiger partial charge on any atom is -0.497 e. The highest BCUT2D eigenvalue weighted by Crippen LogP contribution is 2.34. The minimum atomic E-state index is -4.34. The quantitative estimate of drug-likeness (QED) is 0.210. The van der Waals surface area contributed by atoms with Crippen LogP contribution in [0.1, 0.15) is 42.9 Å². The van der Waals surface area contributed by atoms with Gasteiger partial charge in [0.2, 0.25) is 0 Å². The topological polar surface area (TPSA) is 82.9 Å². The Kier molecular flexibility index (Phi) is 9.74. The molecule has 1 unspecified atom stereocenters. The number of aliphatic carboxylic acids is 1. The molecule has 3 aromatic rings. The Morgan fingerprint density at radius 2 is 1.97 bits per heavy atom. The Morgan fingerprint density at radius 1 is 1.21 bits per heavy atom. The number of carbonyl (C=O) groups is 1. The second-order valence-electron chi connectivity index (χ2n) is 9.89. The number of benzene rings is 2. The second-order valence-corrected chi connectivity index (χ2v) is 11.1. The van der Waals surface area contributed by atoms with Crippen LogP contribution < -0.4 is 4.74 Å². The van der Waals surface area contributed by atoms with Crippen molar-refractivity contribution in [2.45, 2.75) is 42.9 Å². The van der Waals surface area contributed by atoms with Crippen molar-refractivity contribution in [3.8, 4) is 5.75 Å². The van der Waals surface area contributed by atoms with Crippen LogP contribution >= 0.6 is 11.8 Å². The van der Waals surface area contributed by atoms with Crippen LogP contribution in [0.4, 0.5) is 13.2 Å². The molecule has 0 radical (unpaired) electrons. The standard InChI is InChI=1S/C29H33F3N2O4S/c1-38-21-6-9-26-24(17-21)23(11-13-33-26)27(35)10-3-19-12-15-34(18-25(19)28(36)37)14-2-16-39-22-7-4-20(5-8-22)29(30,31)32/h4-9,11,13,17,19,25,27,35H,2-3,10,12,14-16,18H2,1H3,(H,36,37)/t19-,25+,27?/m1/s1. The fourth-order valence-corrected chi connectivity index (χ4v) is 6.04. The number of hydrogen-bond donors (Lipinski definition) is 2. The third-order valence-electron chi connectivity index (χ3n) is 7.38. The Labute approximate surface area is 230 Å². The van der Waals surface area contributed by atoms with Crippen molar-refractivity contribution >= 4 is 28.6 Å². The van der Waals surface area contributed by atoms with Crippen LogP contribution in [0.15, 0.2) is 59.6 Å². The molecule has 1 fully saturated rings. The van der Waals surface area contributed by atoms with Crippen LogP contribution in [0.5, 0.6) is 5.75 Å². The first-order valence-corrected chi connectivity index (χ1v) is 14.0. The van der Waals surface area contributed by atoms with E-state index in [9.17, 15) is 28.2 Å². The summed E-state index contributed by atoms with van der Waals surface area (Å²) in [4.78, 5) is 19.4. The van der Waals surface area contributed by atoms with Gasteiger partial charge in [-0.1, -0.05) is 0 Å². The van der Waals surface area contributed by atoms with E-state index in [1.165, 1.54) is 23.9 Å². The number of hydrogen-bond acceptors (Lipinski definition) is 6. The lowest BCUT2D eigenvalue weighted by Gasteiger charge is -2.37. The molecule has 1 aromatic heterocycles. The van der Waals surface area contributed by atoms with Crippen LogP contribution in [0.2, 0.25) is 0 Å². The van der Waals surface area contributed by atoms with Gasteiger partial charge < -0.3 is 19.8 Å². The molecule has 0 amide bonds. The number of aliphatic hydroxyl groups excluding tert-OH is 1. The number of carboxylic acid groups (broad SMARTS) is 1. The number of nitrogens with zero attached hydrogens (tertiary/aromatic N) is 2. The molecule has 1 aliphatic heterocycles. The molecular weight excluding hydrogens is 529 g/mol. The summed E-state index contributed by atoms with van der Waals surface area (Å²) >= 11 is 1.50. The summed E-state index contributed by atoms with van der Waals surface area (Å²) in [6, 6.07) is 12.5. The number of methoxy groups -OCH3 is 1. The molecule has 0 bridgehead atoms. The van der Waals surface area contributed by atoms with Gasteiger partial charge in [0.05, 0.1) is 30.2 Å². The number of aromatic nitrogens is 1. The largest absolute Gasteiger partial charge is 0.497 e. The Morgan fingerprint density at radius 3 is 2.67 bits per heavy atom. The molecule has 39 heavy (non-hydrogen) atoms. The maximum Gasteiger partial charge on any atom is 0.416 e. The number of likely N-dealkylation sites (tertiary alicyclic amines) is 1. The molecule has 210 valence electrons. The fourth-order valence-electron chi connectivity index (χ4n) is 5.21. The molecule has 2 aromatic carbocycles. The summed E-state index contributed by atoms with van der Waals surface area (Å²) in [6.45, 7) is 1.97. The average molecular weight is 563 g/mol. The van der Waals surface area contributed by atoms with Gasteiger partial charge in [-0.25, -0.2) is 0 Å². The van der Waals surface area contributed by atoms with Gasteiger partial charge in [-0.3, -0.25) is 9.78 Å². The Hall–Kier alpha value is -2.82. The van der Waals surface area contributed by atoms with E-state index in [-0.39, 0.29) is 5.92 Å². The van der Waals surface area contributed by atoms with E-state index in [1.54, 1.807) is 19.4 Å². The van der Waals surface area contributed by atoms with Gasteiger partial charge in [0, 0.05) is 23.0 Å². The summed E-state index contributed by atoms with van der Waals surface area (Å²) in [5, 5.41) is 21.7. The zero-order valence-corrected chi connectivity index (χ0v) is 22.5. The van der Waals surface area contributed by atoms with Crippen LogP contribution in [-0.4, -0.2) is 58.6 Å². The van der Waals surface area contributed by atoms with Crippen LogP contribution in [0, 0.1) is 11.8 Å². The number of pyridine rings is 1. The smallest absolute Gasteiger partial charge is 0.416 e. The normalized spacial score (nSPS) is 19.2. The van der Waals surface area contributed by atoms with Gasteiger partial charge >= 0.3 is 12.1 Å². The maximum absolute atomic E-state index is 12.7. The number of thioether (sulfide) groups is 1. The molecular formula is C29H33F3N2O4S. The third kappa shape index (κ3) is 7.64. The lowest BCUT2D eigenvalue weighted by Crippen LogP contribution is -2.44. The maximum atomic E-state index is 12.7. The van der Waals surface area contributed by atoms with Crippen LogP contribution in [0.25, 0.3) is 10.9 Å². The molecule has 2 heterocycles. The van der Waals surface area contributed by atoms with Gasteiger partial charge in [0.25, 0.3) is 0 Å². The highest BCUT2D eigenvalue weighted by Gasteiger charge is 2.34. The van der Waals surface area contributed by atoms with E-state index in [2.05, 4.69) is 9.88 Å². The predicted molar refractivity (Wildman–Crippen MR) is 145 cm³/mol. The van der Waals surface area contributed by atoms with Crippen LogP contribution in [0.3, 0.4) is 0 Å². The molecule has 10 heteroatoms. The zero-order chi connectivity index (χ0) is 28.0. The van der Waals surface area contributed by atoms with E-state index in [1.807, 2.05) is 18.2 Å². The number of fused-ring (bicyclic) bond motifs is 1.